The molecule has 2 aromatic rings. The van der Waals surface area contributed by atoms with E-state index in [0.717, 1.165) is 22.2 Å². The number of halogens is 2. The normalized spacial score (nSPS) is 11.2. The van der Waals surface area contributed by atoms with Crippen LogP contribution in [0.5, 0.6) is 0 Å². The molecule has 0 atom stereocenters. The van der Waals surface area contributed by atoms with E-state index in [9.17, 15) is 22.0 Å². The number of carbonyl (C=O) groups is 1. The highest BCUT2D eigenvalue weighted by molar-refractivity contribution is 7.92. The Kier molecular flexibility index (Phi) is 6.68. The first-order chi connectivity index (χ1) is 12.3. The van der Waals surface area contributed by atoms with E-state index in [1.165, 1.54) is 30.3 Å². The molecular formula is C18H20F2N2O3S. The van der Waals surface area contributed by atoms with Crippen LogP contribution in [0.4, 0.5) is 14.5 Å². The van der Waals surface area contributed by atoms with Gasteiger partial charge in [0.15, 0.2) is 0 Å². The number of carbonyl (C=O) groups excluding carboxylic acids is 1. The molecule has 2 aromatic carbocycles. The largest absolute Gasteiger partial charge is 0.355 e. The van der Waals surface area contributed by atoms with Crippen molar-refractivity contribution < 1.29 is 22.0 Å². The summed E-state index contributed by atoms with van der Waals surface area (Å²) in [6, 6.07) is 11.1. The molecule has 0 saturated carbocycles. The van der Waals surface area contributed by atoms with Crippen molar-refractivity contribution in [3.63, 3.8) is 0 Å². The zero-order valence-electron chi connectivity index (χ0n) is 14.3. The van der Waals surface area contributed by atoms with Crippen LogP contribution in [-0.2, 0) is 21.2 Å². The number of aryl methyl sites for hydroxylation is 1. The molecular weight excluding hydrogens is 362 g/mol. The summed E-state index contributed by atoms with van der Waals surface area (Å²) >= 11 is 0. The number of rotatable bonds is 8. The summed E-state index contributed by atoms with van der Waals surface area (Å²) in [5.41, 5.74) is 1.03. The number of nitrogens with zero attached hydrogens (tertiary/aromatic N) is 1. The smallest absolute Gasteiger partial charge is 0.240 e. The fraction of sp³-hybridized carbons (Fsp3) is 0.278. The maximum absolute atomic E-state index is 13.3. The fourth-order valence-electron chi connectivity index (χ4n) is 2.39. The van der Waals surface area contributed by atoms with Crippen molar-refractivity contribution in [1.29, 1.82) is 0 Å². The second kappa shape index (κ2) is 8.75. The minimum absolute atomic E-state index is 0.0916. The maximum Gasteiger partial charge on any atom is 0.240 e. The van der Waals surface area contributed by atoms with Crippen LogP contribution < -0.4 is 9.62 Å². The number of hydrogen-bond acceptors (Lipinski definition) is 3. The molecule has 8 heteroatoms. The molecule has 0 heterocycles. The standard InChI is InChI=1S/C18H20F2N2O3S/c1-26(24,25)22(17-6-2-5-16(20)12-17)13-18(23)21-11-3-4-14-7-9-15(19)10-8-14/h2,5-10,12H,3-4,11,13H2,1H3,(H,21,23). The lowest BCUT2D eigenvalue weighted by atomic mass is 10.1. The van der Waals surface area contributed by atoms with E-state index in [1.54, 1.807) is 12.1 Å². The number of nitrogens with one attached hydrogen (secondary N) is 1. The lowest BCUT2D eigenvalue weighted by Gasteiger charge is -2.21. The molecule has 5 nitrogen and oxygen atoms in total. The van der Waals surface area contributed by atoms with Crippen LogP contribution in [0.25, 0.3) is 0 Å². The predicted molar refractivity (Wildman–Crippen MR) is 96.3 cm³/mol. The van der Waals surface area contributed by atoms with Crippen molar-refractivity contribution in [1.82, 2.24) is 5.32 Å². The first kappa shape index (κ1) is 19.8. The van der Waals surface area contributed by atoms with Crippen molar-refractivity contribution in [2.24, 2.45) is 0 Å². The molecule has 1 amide bonds. The summed E-state index contributed by atoms with van der Waals surface area (Å²) in [6.07, 6.45) is 2.23. The third-order valence-electron chi connectivity index (χ3n) is 3.66. The third-order valence-corrected chi connectivity index (χ3v) is 4.80. The van der Waals surface area contributed by atoms with Gasteiger partial charge in [-0.05, 0) is 48.7 Å². The Bertz CT molecular complexity index is 855. The monoisotopic (exact) mass is 382 g/mol. The number of hydrogen-bond donors (Lipinski definition) is 1. The van der Waals surface area contributed by atoms with Gasteiger partial charge in [0.25, 0.3) is 0 Å². The van der Waals surface area contributed by atoms with E-state index in [2.05, 4.69) is 5.32 Å². The first-order valence-corrected chi connectivity index (χ1v) is 9.85. The Balaban J connectivity index is 1.88. The molecule has 0 aromatic heterocycles. The summed E-state index contributed by atoms with van der Waals surface area (Å²) in [4.78, 5) is 12.1. The summed E-state index contributed by atoms with van der Waals surface area (Å²) in [7, 11) is -3.74. The van der Waals surface area contributed by atoms with Crippen molar-refractivity contribution in [3.8, 4) is 0 Å². The van der Waals surface area contributed by atoms with E-state index < -0.39 is 28.3 Å². The van der Waals surface area contributed by atoms with Crippen LogP contribution in [-0.4, -0.2) is 33.7 Å². The minimum atomic E-state index is -3.74. The first-order valence-electron chi connectivity index (χ1n) is 8.00. The van der Waals surface area contributed by atoms with Crippen LogP contribution >= 0.6 is 0 Å². The lowest BCUT2D eigenvalue weighted by molar-refractivity contribution is -0.119. The van der Waals surface area contributed by atoms with Gasteiger partial charge in [0, 0.05) is 6.54 Å². The number of benzene rings is 2. The van der Waals surface area contributed by atoms with E-state index >= 15 is 0 Å². The highest BCUT2D eigenvalue weighted by atomic mass is 32.2. The van der Waals surface area contributed by atoms with Gasteiger partial charge in [-0.15, -0.1) is 0 Å². The number of anilines is 1. The molecule has 26 heavy (non-hydrogen) atoms. The van der Waals surface area contributed by atoms with Crippen molar-refractivity contribution >= 4 is 21.6 Å². The SMILES string of the molecule is CS(=O)(=O)N(CC(=O)NCCCc1ccc(F)cc1)c1cccc(F)c1. The molecule has 1 N–H and O–H groups in total. The van der Waals surface area contributed by atoms with Gasteiger partial charge >= 0.3 is 0 Å². The fourth-order valence-corrected chi connectivity index (χ4v) is 3.24. The molecule has 140 valence electrons. The zero-order chi connectivity index (χ0) is 19.2. The molecule has 2 rings (SSSR count). The maximum atomic E-state index is 13.3. The van der Waals surface area contributed by atoms with Gasteiger partial charge < -0.3 is 5.32 Å². The van der Waals surface area contributed by atoms with Gasteiger partial charge in [0.2, 0.25) is 15.9 Å². The molecule has 0 fully saturated rings. The topological polar surface area (TPSA) is 66.5 Å². The van der Waals surface area contributed by atoms with Gasteiger partial charge in [-0.3, -0.25) is 9.10 Å². The van der Waals surface area contributed by atoms with E-state index in [1.807, 2.05) is 0 Å². The average Bonchev–Trinajstić information content (AvgIpc) is 2.57. The van der Waals surface area contributed by atoms with E-state index in [-0.39, 0.29) is 11.5 Å². The molecule has 0 saturated heterocycles. The van der Waals surface area contributed by atoms with Gasteiger partial charge in [0.05, 0.1) is 11.9 Å². The number of sulfonamides is 1. The van der Waals surface area contributed by atoms with Crippen LogP contribution in [0.2, 0.25) is 0 Å². The quantitative estimate of drug-likeness (QED) is 0.714. The highest BCUT2D eigenvalue weighted by Crippen LogP contribution is 2.18. The Hall–Kier alpha value is -2.48. The Labute approximate surface area is 151 Å². The lowest BCUT2D eigenvalue weighted by Crippen LogP contribution is -2.40. The van der Waals surface area contributed by atoms with Crippen LogP contribution in [0.3, 0.4) is 0 Å². The molecule has 0 bridgehead atoms. The minimum Gasteiger partial charge on any atom is -0.355 e. The molecule has 0 aliphatic rings. The second-order valence-corrected chi connectivity index (χ2v) is 7.74. The Morgan fingerprint density at radius 1 is 1.08 bits per heavy atom. The van der Waals surface area contributed by atoms with Gasteiger partial charge in [-0.1, -0.05) is 18.2 Å². The average molecular weight is 382 g/mol. The summed E-state index contributed by atoms with van der Waals surface area (Å²) < 4.78 is 50.9. The molecule has 0 radical (unpaired) electrons. The molecule has 0 unspecified atom stereocenters. The van der Waals surface area contributed by atoms with Crippen LogP contribution in [0, 0.1) is 11.6 Å². The van der Waals surface area contributed by atoms with Crippen molar-refractivity contribution in [3.05, 3.63) is 65.7 Å². The van der Waals surface area contributed by atoms with Gasteiger partial charge in [-0.25, -0.2) is 17.2 Å². The molecule has 0 spiro atoms. The highest BCUT2D eigenvalue weighted by Gasteiger charge is 2.21. The van der Waals surface area contributed by atoms with Crippen LogP contribution in [0.1, 0.15) is 12.0 Å². The van der Waals surface area contributed by atoms with Crippen molar-refractivity contribution in [2.75, 3.05) is 23.7 Å². The molecule has 0 aliphatic carbocycles. The van der Waals surface area contributed by atoms with E-state index in [0.29, 0.717) is 19.4 Å². The van der Waals surface area contributed by atoms with Gasteiger partial charge in [-0.2, -0.15) is 0 Å². The van der Waals surface area contributed by atoms with Crippen molar-refractivity contribution in [2.45, 2.75) is 12.8 Å². The summed E-state index contributed by atoms with van der Waals surface area (Å²) in [5, 5.41) is 2.64. The van der Waals surface area contributed by atoms with Gasteiger partial charge in [0.1, 0.15) is 18.2 Å². The Morgan fingerprint density at radius 2 is 1.77 bits per heavy atom. The third kappa shape index (κ3) is 6.11. The second-order valence-electron chi connectivity index (χ2n) is 5.83. The van der Waals surface area contributed by atoms with E-state index in [4.69, 9.17) is 0 Å². The molecule has 0 aliphatic heterocycles. The van der Waals surface area contributed by atoms with Crippen LogP contribution in [0.15, 0.2) is 48.5 Å². The predicted octanol–water partition coefficient (Wildman–Crippen LogP) is 2.48. The Morgan fingerprint density at radius 3 is 2.38 bits per heavy atom. The summed E-state index contributed by atoms with van der Waals surface area (Å²) in [6.45, 7) is -0.0875. The summed E-state index contributed by atoms with van der Waals surface area (Å²) in [5.74, 6) is -1.38. The number of amides is 1. The zero-order valence-corrected chi connectivity index (χ0v) is 15.1.